The van der Waals surface area contributed by atoms with Gasteiger partial charge in [0.05, 0.1) is 17.4 Å². The van der Waals surface area contributed by atoms with Gasteiger partial charge < -0.3 is 19.9 Å². The number of ether oxygens (including phenoxy) is 1. The second kappa shape index (κ2) is 15.2. The van der Waals surface area contributed by atoms with Crippen molar-refractivity contribution in [2.45, 2.75) is 12.5 Å². The Morgan fingerprint density at radius 2 is 1.82 bits per heavy atom. The van der Waals surface area contributed by atoms with Crippen molar-refractivity contribution in [2.24, 2.45) is 0 Å². The highest BCUT2D eigenvalue weighted by molar-refractivity contribution is 7.58. The van der Waals surface area contributed by atoms with Crippen LogP contribution in [0.3, 0.4) is 0 Å². The lowest BCUT2D eigenvalue weighted by Gasteiger charge is -2.18. The summed E-state index contributed by atoms with van der Waals surface area (Å²) in [7, 11) is -1.45. The van der Waals surface area contributed by atoms with Crippen molar-refractivity contribution in [2.75, 3.05) is 31.9 Å². The maximum atomic E-state index is 13.3. The molecule has 1 heterocycles. The van der Waals surface area contributed by atoms with Crippen LogP contribution in [0.5, 0.6) is 0 Å². The summed E-state index contributed by atoms with van der Waals surface area (Å²) in [5, 5.41) is 17.2. The van der Waals surface area contributed by atoms with Gasteiger partial charge in [-0.2, -0.15) is 4.68 Å². The molecule has 1 aromatic heterocycles. The molecule has 0 bridgehead atoms. The number of esters is 1. The van der Waals surface area contributed by atoms with E-state index in [2.05, 4.69) is 26.2 Å². The van der Waals surface area contributed by atoms with Crippen LogP contribution < -0.4 is 10.6 Å². The summed E-state index contributed by atoms with van der Waals surface area (Å²) in [4.78, 5) is 38.7. The van der Waals surface area contributed by atoms with Crippen molar-refractivity contribution >= 4 is 48.5 Å². The molecule has 1 unspecified atom stereocenters. The number of amides is 2. The fourth-order valence-corrected chi connectivity index (χ4v) is 4.77. The molecule has 2 N–H and O–H groups in total. The van der Waals surface area contributed by atoms with Crippen LogP contribution in [0.4, 0.5) is 5.69 Å². The zero-order chi connectivity index (χ0) is 31.5. The van der Waals surface area contributed by atoms with Gasteiger partial charge in [0, 0.05) is 42.5 Å². The Hall–Kier alpha value is -4.64. The lowest BCUT2D eigenvalue weighted by atomic mass is 10.0. The molecule has 4 aromatic rings. The minimum Gasteiger partial charge on any atom is -0.462 e. The van der Waals surface area contributed by atoms with E-state index in [0.29, 0.717) is 22.0 Å². The fraction of sp³-hybridized carbons (Fsp3) is 0.200. The van der Waals surface area contributed by atoms with E-state index in [9.17, 15) is 18.9 Å². The Labute approximate surface area is 258 Å². The SMILES string of the molecule is COP(C)(=O)CCOC(=O)c1ccc(NC(=O)[C@H](Cc2ccccc2)NC(=O)/C=C/c2cc(Cl)ccc2-n2cnnn2)cc1. The molecule has 2 amide bonds. The van der Waals surface area contributed by atoms with Gasteiger partial charge in [0.25, 0.3) is 0 Å². The molecule has 2 atom stereocenters. The quantitative estimate of drug-likeness (QED) is 0.123. The smallest absolute Gasteiger partial charge is 0.338 e. The first-order valence-electron chi connectivity index (χ1n) is 13.4. The highest BCUT2D eigenvalue weighted by atomic mass is 35.5. The first-order valence-corrected chi connectivity index (χ1v) is 16.0. The molecule has 228 valence electrons. The fourth-order valence-electron chi connectivity index (χ4n) is 3.98. The average molecular weight is 637 g/mol. The number of carbonyl (C=O) groups is 3. The van der Waals surface area contributed by atoms with Crippen LogP contribution >= 0.6 is 19.0 Å². The van der Waals surface area contributed by atoms with E-state index < -0.39 is 31.2 Å². The van der Waals surface area contributed by atoms with E-state index in [4.69, 9.17) is 20.9 Å². The van der Waals surface area contributed by atoms with Crippen molar-refractivity contribution < 1.29 is 28.2 Å². The molecule has 0 aliphatic carbocycles. The molecule has 44 heavy (non-hydrogen) atoms. The third-order valence-electron chi connectivity index (χ3n) is 6.42. The zero-order valence-electron chi connectivity index (χ0n) is 23.9. The summed E-state index contributed by atoms with van der Waals surface area (Å²) in [6.45, 7) is 1.42. The van der Waals surface area contributed by atoms with Crippen LogP contribution in [-0.4, -0.2) is 70.6 Å². The van der Waals surface area contributed by atoms with E-state index in [1.807, 2.05) is 30.3 Å². The van der Waals surface area contributed by atoms with Crippen molar-refractivity contribution in [3.05, 3.63) is 107 Å². The maximum absolute atomic E-state index is 13.3. The van der Waals surface area contributed by atoms with Gasteiger partial charge in [0.15, 0.2) is 0 Å². The summed E-state index contributed by atoms with van der Waals surface area (Å²) in [6.07, 6.45) is 4.61. The number of carbonyl (C=O) groups excluding carboxylic acids is 3. The van der Waals surface area contributed by atoms with Crippen LogP contribution in [0.25, 0.3) is 11.8 Å². The number of rotatable bonds is 13. The van der Waals surface area contributed by atoms with Gasteiger partial charge >= 0.3 is 5.97 Å². The first-order chi connectivity index (χ1) is 21.1. The highest BCUT2D eigenvalue weighted by Crippen LogP contribution is 2.40. The Bertz CT molecular complexity index is 1670. The van der Waals surface area contributed by atoms with E-state index in [1.165, 1.54) is 43.0 Å². The molecule has 0 radical (unpaired) electrons. The van der Waals surface area contributed by atoms with Crippen LogP contribution in [-0.2, 0) is 29.8 Å². The van der Waals surface area contributed by atoms with Gasteiger partial charge in [-0.05, 0) is 64.5 Å². The Morgan fingerprint density at radius 1 is 1.07 bits per heavy atom. The second-order valence-electron chi connectivity index (χ2n) is 9.66. The van der Waals surface area contributed by atoms with Crippen LogP contribution in [0.2, 0.25) is 5.02 Å². The predicted octanol–water partition coefficient (Wildman–Crippen LogP) is 4.41. The monoisotopic (exact) mass is 636 g/mol. The molecular weight excluding hydrogens is 607 g/mol. The highest BCUT2D eigenvalue weighted by Gasteiger charge is 2.21. The minimum absolute atomic E-state index is 0.0511. The molecule has 0 aliphatic heterocycles. The molecule has 0 aliphatic rings. The predicted molar refractivity (Wildman–Crippen MR) is 166 cm³/mol. The van der Waals surface area contributed by atoms with Gasteiger partial charge in [0.1, 0.15) is 19.0 Å². The van der Waals surface area contributed by atoms with E-state index in [-0.39, 0.29) is 24.8 Å². The average Bonchev–Trinajstić information content (AvgIpc) is 3.55. The number of tetrazole rings is 1. The van der Waals surface area contributed by atoms with Crippen LogP contribution in [0.15, 0.2) is 85.2 Å². The summed E-state index contributed by atoms with van der Waals surface area (Å²) >= 11 is 6.17. The summed E-state index contributed by atoms with van der Waals surface area (Å²) < 4.78 is 23.5. The molecule has 0 spiro atoms. The van der Waals surface area contributed by atoms with Crippen molar-refractivity contribution in [1.82, 2.24) is 25.5 Å². The van der Waals surface area contributed by atoms with Gasteiger partial charge in [-0.15, -0.1) is 5.10 Å². The van der Waals surface area contributed by atoms with E-state index in [1.54, 1.807) is 36.4 Å². The third-order valence-corrected chi connectivity index (χ3v) is 8.42. The second-order valence-corrected chi connectivity index (χ2v) is 12.9. The Balaban J connectivity index is 1.43. The zero-order valence-corrected chi connectivity index (χ0v) is 25.6. The summed E-state index contributed by atoms with van der Waals surface area (Å²) in [5.41, 5.74) is 2.71. The standard InChI is InChI=1S/C30H30ClN6O6P/c1-42-44(2,41)17-16-43-30(40)22-8-12-25(13-9-22)33-29(39)26(18-21-6-4-3-5-7-21)34-28(38)15-10-23-19-24(31)11-14-27(23)37-20-32-35-36-37/h3-15,19-20,26H,16-18H2,1-2H3,(H,33,39)(H,34,38)/b15-10+/t26-,44?/m0/s1. The Kier molecular flexibility index (Phi) is 11.1. The van der Waals surface area contributed by atoms with Gasteiger partial charge in [0.2, 0.25) is 19.2 Å². The first kappa shape index (κ1) is 32.3. The number of hydrogen-bond acceptors (Lipinski definition) is 9. The number of nitrogens with zero attached hydrogens (tertiary/aromatic N) is 4. The number of anilines is 1. The number of nitrogens with one attached hydrogen (secondary N) is 2. The van der Waals surface area contributed by atoms with E-state index in [0.717, 1.165) is 5.56 Å². The van der Waals surface area contributed by atoms with E-state index >= 15 is 0 Å². The molecule has 0 saturated heterocycles. The molecule has 14 heteroatoms. The van der Waals surface area contributed by atoms with Crippen LogP contribution in [0, 0.1) is 0 Å². The number of halogens is 1. The van der Waals surface area contributed by atoms with Crippen molar-refractivity contribution in [3.8, 4) is 5.69 Å². The summed E-state index contributed by atoms with van der Waals surface area (Å²) in [6, 6.07) is 19.5. The number of hydrogen-bond donors (Lipinski definition) is 2. The maximum Gasteiger partial charge on any atom is 0.338 e. The third kappa shape index (κ3) is 9.43. The Morgan fingerprint density at radius 3 is 2.50 bits per heavy atom. The largest absolute Gasteiger partial charge is 0.462 e. The van der Waals surface area contributed by atoms with Crippen LogP contribution in [0.1, 0.15) is 21.5 Å². The number of benzene rings is 3. The van der Waals surface area contributed by atoms with Crippen molar-refractivity contribution in [3.63, 3.8) is 0 Å². The minimum atomic E-state index is -2.80. The van der Waals surface area contributed by atoms with Gasteiger partial charge in [-0.3, -0.25) is 14.2 Å². The summed E-state index contributed by atoms with van der Waals surface area (Å²) in [5.74, 6) is -1.56. The molecule has 4 rings (SSSR count). The lowest BCUT2D eigenvalue weighted by molar-refractivity contribution is -0.123. The van der Waals surface area contributed by atoms with Gasteiger partial charge in [-0.25, -0.2) is 4.79 Å². The normalized spacial score (nSPS) is 13.2. The topological polar surface area (TPSA) is 154 Å². The molecular formula is C30H30ClN6O6P. The molecule has 3 aromatic carbocycles. The van der Waals surface area contributed by atoms with Gasteiger partial charge in [-0.1, -0.05) is 41.9 Å². The molecule has 12 nitrogen and oxygen atoms in total. The number of aromatic nitrogens is 4. The lowest BCUT2D eigenvalue weighted by Crippen LogP contribution is -2.44. The molecule has 0 saturated carbocycles. The van der Waals surface area contributed by atoms with Crippen molar-refractivity contribution in [1.29, 1.82) is 0 Å². The molecule has 0 fully saturated rings.